The summed E-state index contributed by atoms with van der Waals surface area (Å²) < 4.78 is 15.9. The summed E-state index contributed by atoms with van der Waals surface area (Å²) in [6.45, 7) is 2.12. The minimum absolute atomic E-state index is 0.207. The fourth-order valence-electron chi connectivity index (χ4n) is 2.01. The van der Waals surface area contributed by atoms with Crippen LogP contribution in [0.4, 0.5) is 0 Å². The highest BCUT2D eigenvalue weighted by molar-refractivity contribution is 5.86. The zero-order valence-corrected chi connectivity index (χ0v) is 8.95. The summed E-state index contributed by atoms with van der Waals surface area (Å²) in [5.74, 6) is -0.793. The number of esters is 1. The second-order valence-electron chi connectivity index (χ2n) is 3.89. The molecule has 2 aliphatic rings. The summed E-state index contributed by atoms with van der Waals surface area (Å²) in [4.78, 5) is 11.4. The van der Waals surface area contributed by atoms with Crippen molar-refractivity contribution in [2.45, 2.75) is 44.8 Å². The molecule has 0 atom stereocenters. The summed E-state index contributed by atoms with van der Waals surface area (Å²) in [5.41, 5.74) is 0. The summed E-state index contributed by atoms with van der Waals surface area (Å²) in [5, 5.41) is 0. The molecule has 0 N–H and O–H groups in total. The van der Waals surface area contributed by atoms with Crippen LogP contribution in [0.3, 0.4) is 0 Å². The molecular formula is C11H16O4. The van der Waals surface area contributed by atoms with Crippen LogP contribution in [-0.4, -0.2) is 18.4 Å². The molecule has 84 valence electrons. The van der Waals surface area contributed by atoms with Crippen molar-refractivity contribution >= 4 is 5.97 Å². The van der Waals surface area contributed by atoms with Gasteiger partial charge in [0.05, 0.1) is 6.61 Å². The highest BCUT2D eigenvalue weighted by Gasteiger charge is 2.42. The molecule has 1 aliphatic carbocycles. The fraction of sp³-hybridized carbons (Fsp3) is 0.727. The first-order valence-corrected chi connectivity index (χ1v) is 5.50. The second-order valence-corrected chi connectivity index (χ2v) is 3.89. The zero-order valence-electron chi connectivity index (χ0n) is 8.95. The Bertz CT molecular complexity index is 276. The van der Waals surface area contributed by atoms with Gasteiger partial charge in [-0.3, -0.25) is 0 Å². The van der Waals surface area contributed by atoms with Crippen LogP contribution in [-0.2, 0) is 19.0 Å². The van der Waals surface area contributed by atoms with Crippen molar-refractivity contribution in [3.8, 4) is 0 Å². The molecule has 0 bridgehead atoms. The van der Waals surface area contributed by atoms with Crippen LogP contribution in [0.2, 0.25) is 0 Å². The Balaban J connectivity index is 1.94. The minimum atomic E-state index is -0.569. The lowest BCUT2D eigenvalue weighted by atomic mass is 9.94. The number of hydrogen-bond donors (Lipinski definition) is 0. The molecule has 15 heavy (non-hydrogen) atoms. The maximum atomic E-state index is 11.4. The van der Waals surface area contributed by atoms with Gasteiger partial charge in [0.15, 0.2) is 0 Å². The molecule has 2 rings (SSSR count). The van der Waals surface area contributed by atoms with E-state index in [9.17, 15) is 4.79 Å². The van der Waals surface area contributed by atoms with Gasteiger partial charge in [0, 0.05) is 12.8 Å². The molecular weight excluding hydrogens is 196 g/mol. The number of carbonyl (C=O) groups excluding carboxylic acids is 1. The van der Waals surface area contributed by atoms with Crippen LogP contribution < -0.4 is 0 Å². The molecule has 1 fully saturated rings. The van der Waals surface area contributed by atoms with Crippen molar-refractivity contribution in [3.63, 3.8) is 0 Å². The predicted octanol–water partition coefficient (Wildman–Crippen LogP) is 2.10. The van der Waals surface area contributed by atoms with Crippen molar-refractivity contribution in [1.29, 1.82) is 0 Å². The standard InChI is InChI=1S/C11H16O4/c1-2-13-10(12)9-8-14-11(15-9)6-4-3-5-7-11/h8H,2-7H2,1H3. The van der Waals surface area contributed by atoms with E-state index < -0.39 is 11.8 Å². The van der Waals surface area contributed by atoms with E-state index in [2.05, 4.69) is 0 Å². The maximum Gasteiger partial charge on any atom is 0.377 e. The molecule has 0 saturated heterocycles. The van der Waals surface area contributed by atoms with E-state index in [1.54, 1.807) is 6.92 Å². The molecule has 0 unspecified atom stereocenters. The minimum Gasteiger partial charge on any atom is -0.460 e. The molecule has 4 heteroatoms. The topological polar surface area (TPSA) is 44.8 Å². The fourth-order valence-corrected chi connectivity index (χ4v) is 2.01. The zero-order chi connectivity index (χ0) is 10.7. The first kappa shape index (κ1) is 10.3. The van der Waals surface area contributed by atoms with Gasteiger partial charge in [-0.1, -0.05) is 6.42 Å². The third kappa shape index (κ3) is 2.08. The van der Waals surface area contributed by atoms with E-state index in [4.69, 9.17) is 14.2 Å². The molecule has 1 heterocycles. The molecule has 1 spiro atoms. The van der Waals surface area contributed by atoms with Crippen molar-refractivity contribution in [2.24, 2.45) is 0 Å². The number of ether oxygens (including phenoxy) is 3. The Labute approximate surface area is 89.2 Å². The Morgan fingerprint density at radius 1 is 1.47 bits per heavy atom. The molecule has 4 nitrogen and oxygen atoms in total. The van der Waals surface area contributed by atoms with E-state index in [0.717, 1.165) is 25.7 Å². The first-order chi connectivity index (χ1) is 7.26. The van der Waals surface area contributed by atoms with Gasteiger partial charge in [-0.15, -0.1) is 0 Å². The van der Waals surface area contributed by atoms with Crippen LogP contribution in [0.15, 0.2) is 12.0 Å². The van der Waals surface area contributed by atoms with Crippen molar-refractivity contribution in [3.05, 3.63) is 12.0 Å². The summed E-state index contributed by atoms with van der Waals surface area (Å²) in [6, 6.07) is 0. The van der Waals surface area contributed by atoms with Crippen LogP contribution >= 0.6 is 0 Å². The van der Waals surface area contributed by atoms with E-state index >= 15 is 0 Å². The normalized spacial score (nSPS) is 22.9. The lowest BCUT2D eigenvalue weighted by Crippen LogP contribution is -2.33. The monoisotopic (exact) mass is 212 g/mol. The smallest absolute Gasteiger partial charge is 0.377 e. The quantitative estimate of drug-likeness (QED) is 0.657. The average molecular weight is 212 g/mol. The van der Waals surface area contributed by atoms with E-state index in [-0.39, 0.29) is 5.76 Å². The van der Waals surface area contributed by atoms with E-state index in [1.165, 1.54) is 12.7 Å². The second kappa shape index (κ2) is 4.13. The van der Waals surface area contributed by atoms with Gasteiger partial charge in [0.25, 0.3) is 5.79 Å². The van der Waals surface area contributed by atoms with Gasteiger partial charge in [-0.25, -0.2) is 4.79 Å². The maximum absolute atomic E-state index is 11.4. The average Bonchev–Trinajstić information content (AvgIpc) is 2.64. The SMILES string of the molecule is CCOC(=O)C1=COC2(CCCCC2)O1. The van der Waals surface area contributed by atoms with Crippen molar-refractivity contribution < 1.29 is 19.0 Å². The van der Waals surface area contributed by atoms with E-state index in [0.29, 0.717) is 6.61 Å². The summed E-state index contributed by atoms with van der Waals surface area (Å²) in [7, 11) is 0. The lowest BCUT2D eigenvalue weighted by Gasteiger charge is -2.31. The Morgan fingerprint density at radius 3 is 2.87 bits per heavy atom. The van der Waals surface area contributed by atoms with Crippen molar-refractivity contribution in [2.75, 3.05) is 6.61 Å². The van der Waals surface area contributed by atoms with Crippen LogP contribution in [0.1, 0.15) is 39.0 Å². The molecule has 0 aromatic rings. The first-order valence-electron chi connectivity index (χ1n) is 5.50. The number of carbonyl (C=O) groups is 1. The summed E-state index contributed by atoms with van der Waals surface area (Å²) >= 11 is 0. The van der Waals surface area contributed by atoms with Gasteiger partial charge >= 0.3 is 5.97 Å². The van der Waals surface area contributed by atoms with Gasteiger partial charge in [0.2, 0.25) is 5.76 Å². The highest BCUT2D eigenvalue weighted by Crippen LogP contribution is 2.38. The Kier molecular flexibility index (Phi) is 2.84. The van der Waals surface area contributed by atoms with Gasteiger partial charge < -0.3 is 14.2 Å². The van der Waals surface area contributed by atoms with Crippen LogP contribution in [0.25, 0.3) is 0 Å². The van der Waals surface area contributed by atoms with Crippen LogP contribution in [0.5, 0.6) is 0 Å². The number of rotatable bonds is 2. The third-order valence-corrected chi connectivity index (χ3v) is 2.77. The molecule has 0 radical (unpaired) electrons. The lowest BCUT2D eigenvalue weighted by molar-refractivity contribution is -0.178. The number of hydrogen-bond acceptors (Lipinski definition) is 4. The van der Waals surface area contributed by atoms with Crippen molar-refractivity contribution in [1.82, 2.24) is 0 Å². The summed E-state index contributed by atoms with van der Waals surface area (Å²) in [6.07, 6.45) is 6.49. The van der Waals surface area contributed by atoms with Crippen LogP contribution in [0, 0.1) is 0 Å². The molecule has 0 amide bonds. The van der Waals surface area contributed by atoms with Gasteiger partial charge in [-0.2, -0.15) is 0 Å². The van der Waals surface area contributed by atoms with E-state index in [1.807, 2.05) is 0 Å². The Morgan fingerprint density at radius 2 is 2.20 bits per heavy atom. The highest BCUT2D eigenvalue weighted by atomic mass is 16.7. The van der Waals surface area contributed by atoms with Gasteiger partial charge in [0.1, 0.15) is 6.26 Å². The molecule has 1 saturated carbocycles. The molecule has 1 aliphatic heterocycles. The largest absolute Gasteiger partial charge is 0.460 e. The molecule has 0 aromatic heterocycles. The van der Waals surface area contributed by atoms with Gasteiger partial charge in [-0.05, 0) is 19.8 Å². The predicted molar refractivity (Wildman–Crippen MR) is 52.7 cm³/mol. The molecule has 0 aromatic carbocycles. The third-order valence-electron chi connectivity index (χ3n) is 2.77. The Hall–Kier alpha value is -1.19.